The Hall–Kier alpha value is -1.12. The van der Waals surface area contributed by atoms with E-state index in [1.54, 1.807) is 0 Å². The molecule has 0 bridgehead atoms. The Labute approximate surface area is 116 Å². The Morgan fingerprint density at radius 2 is 2.21 bits per heavy atom. The van der Waals surface area contributed by atoms with E-state index in [2.05, 4.69) is 43.4 Å². The lowest BCUT2D eigenvalue weighted by molar-refractivity contribution is 0.539. The van der Waals surface area contributed by atoms with E-state index in [1.807, 2.05) is 0 Å². The van der Waals surface area contributed by atoms with Gasteiger partial charge in [0.2, 0.25) is 0 Å². The summed E-state index contributed by atoms with van der Waals surface area (Å²) in [6.07, 6.45) is 5.65. The molecule has 2 heteroatoms. The van der Waals surface area contributed by atoms with Crippen LogP contribution in [0.4, 0.5) is 0 Å². The smallest absolute Gasteiger partial charge is 0.0259 e. The molecule has 1 aromatic rings. The molecule has 1 saturated heterocycles. The fraction of sp³-hybridized carbons (Fsp3) is 0.529. The van der Waals surface area contributed by atoms with Crippen LogP contribution < -0.4 is 11.1 Å². The summed E-state index contributed by atoms with van der Waals surface area (Å²) in [6.45, 7) is 5.62. The van der Waals surface area contributed by atoms with Crippen LogP contribution in [-0.4, -0.2) is 18.6 Å². The Kier molecular flexibility index (Phi) is 3.46. The predicted molar refractivity (Wildman–Crippen MR) is 81.0 cm³/mol. The van der Waals surface area contributed by atoms with E-state index in [9.17, 15) is 0 Å². The van der Waals surface area contributed by atoms with Gasteiger partial charge in [-0.3, -0.25) is 0 Å². The maximum Gasteiger partial charge on any atom is 0.0259 e. The van der Waals surface area contributed by atoms with Crippen molar-refractivity contribution in [1.29, 1.82) is 0 Å². The second-order valence-electron chi connectivity index (χ2n) is 6.23. The van der Waals surface area contributed by atoms with Crippen LogP contribution in [-0.2, 0) is 12.8 Å². The number of fused-ring (bicyclic) bond motifs is 1. The van der Waals surface area contributed by atoms with Gasteiger partial charge in [-0.25, -0.2) is 0 Å². The quantitative estimate of drug-likeness (QED) is 0.872. The maximum atomic E-state index is 6.14. The molecule has 0 spiro atoms. The summed E-state index contributed by atoms with van der Waals surface area (Å²) in [5, 5.41) is 3.52. The SMILES string of the molecule is CC(C)C1=CCc2ccc(CC3NCCC3N)cc21. The van der Waals surface area contributed by atoms with Gasteiger partial charge in [-0.05, 0) is 54.0 Å². The Morgan fingerprint density at radius 3 is 2.89 bits per heavy atom. The van der Waals surface area contributed by atoms with Gasteiger partial charge in [0.15, 0.2) is 0 Å². The molecule has 1 heterocycles. The van der Waals surface area contributed by atoms with Gasteiger partial charge in [0, 0.05) is 12.1 Å². The van der Waals surface area contributed by atoms with Crippen LogP contribution in [0.15, 0.2) is 24.3 Å². The van der Waals surface area contributed by atoms with E-state index in [1.165, 1.54) is 22.3 Å². The van der Waals surface area contributed by atoms with Crippen molar-refractivity contribution >= 4 is 5.57 Å². The molecule has 3 rings (SSSR count). The minimum absolute atomic E-state index is 0.313. The molecule has 1 aliphatic heterocycles. The number of nitrogens with two attached hydrogens (primary N) is 1. The predicted octanol–water partition coefficient (Wildman–Crippen LogP) is 2.51. The molecule has 19 heavy (non-hydrogen) atoms. The average Bonchev–Trinajstić information content (AvgIpc) is 2.96. The zero-order valence-electron chi connectivity index (χ0n) is 11.9. The monoisotopic (exact) mass is 256 g/mol. The third-order valence-electron chi connectivity index (χ3n) is 4.51. The zero-order valence-corrected chi connectivity index (χ0v) is 11.9. The van der Waals surface area contributed by atoms with Crippen molar-refractivity contribution in [3.63, 3.8) is 0 Å². The summed E-state index contributed by atoms with van der Waals surface area (Å²) in [7, 11) is 0. The van der Waals surface area contributed by atoms with Crippen molar-refractivity contribution < 1.29 is 0 Å². The molecule has 1 fully saturated rings. The van der Waals surface area contributed by atoms with Crippen LogP contribution in [0.1, 0.15) is 37.0 Å². The van der Waals surface area contributed by atoms with E-state index in [-0.39, 0.29) is 0 Å². The average molecular weight is 256 g/mol. The lowest BCUT2D eigenvalue weighted by Crippen LogP contribution is -2.37. The highest BCUT2D eigenvalue weighted by Gasteiger charge is 2.24. The maximum absolute atomic E-state index is 6.14. The number of hydrogen-bond donors (Lipinski definition) is 2. The van der Waals surface area contributed by atoms with E-state index in [0.717, 1.165) is 25.8 Å². The number of nitrogens with one attached hydrogen (secondary N) is 1. The lowest BCUT2D eigenvalue weighted by atomic mass is 9.93. The summed E-state index contributed by atoms with van der Waals surface area (Å²) in [4.78, 5) is 0. The van der Waals surface area contributed by atoms with Crippen LogP contribution >= 0.6 is 0 Å². The summed E-state index contributed by atoms with van der Waals surface area (Å²) in [6, 6.07) is 7.74. The van der Waals surface area contributed by atoms with Crippen molar-refractivity contribution in [3.05, 3.63) is 41.0 Å². The molecule has 2 atom stereocenters. The Balaban J connectivity index is 1.81. The summed E-state index contributed by atoms with van der Waals surface area (Å²) < 4.78 is 0. The fourth-order valence-electron chi connectivity index (χ4n) is 3.34. The number of rotatable bonds is 3. The number of hydrogen-bond acceptors (Lipinski definition) is 2. The third-order valence-corrected chi connectivity index (χ3v) is 4.51. The van der Waals surface area contributed by atoms with Crippen molar-refractivity contribution in [3.8, 4) is 0 Å². The molecule has 0 radical (unpaired) electrons. The molecule has 2 unspecified atom stereocenters. The first-order valence-electron chi connectivity index (χ1n) is 7.46. The third kappa shape index (κ3) is 2.47. The van der Waals surface area contributed by atoms with Gasteiger partial charge >= 0.3 is 0 Å². The molecule has 3 N–H and O–H groups in total. The molecule has 2 aliphatic rings. The first kappa shape index (κ1) is 12.9. The second kappa shape index (κ2) is 5.10. The van der Waals surface area contributed by atoms with E-state index in [0.29, 0.717) is 18.0 Å². The van der Waals surface area contributed by atoms with Gasteiger partial charge < -0.3 is 11.1 Å². The van der Waals surface area contributed by atoms with Crippen LogP contribution in [0.25, 0.3) is 5.57 Å². The Bertz CT molecular complexity index is 502. The minimum Gasteiger partial charge on any atom is -0.326 e. The summed E-state index contributed by atoms with van der Waals surface area (Å²) in [5.41, 5.74) is 12.0. The van der Waals surface area contributed by atoms with Gasteiger partial charge in [0.25, 0.3) is 0 Å². The Morgan fingerprint density at radius 1 is 1.37 bits per heavy atom. The molecule has 0 amide bonds. The normalized spacial score (nSPS) is 25.8. The van der Waals surface area contributed by atoms with E-state index >= 15 is 0 Å². The highest BCUT2D eigenvalue weighted by atomic mass is 15.0. The van der Waals surface area contributed by atoms with Crippen molar-refractivity contribution in [2.45, 2.75) is 45.2 Å². The highest BCUT2D eigenvalue weighted by Crippen LogP contribution is 2.33. The van der Waals surface area contributed by atoms with E-state index in [4.69, 9.17) is 5.73 Å². The van der Waals surface area contributed by atoms with Gasteiger partial charge in [0.1, 0.15) is 0 Å². The van der Waals surface area contributed by atoms with Crippen molar-refractivity contribution in [1.82, 2.24) is 5.32 Å². The number of allylic oxidation sites excluding steroid dienone is 2. The first-order chi connectivity index (χ1) is 9.15. The zero-order chi connectivity index (χ0) is 13.4. The van der Waals surface area contributed by atoms with Gasteiger partial charge in [-0.15, -0.1) is 0 Å². The molecule has 1 aromatic carbocycles. The molecular weight excluding hydrogens is 232 g/mol. The lowest BCUT2D eigenvalue weighted by Gasteiger charge is -2.17. The van der Waals surface area contributed by atoms with E-state index < -0.39 is 0 Å². The summed E-state index contributed by atoms with van der Waals surface area (Å²) >= 11 is 0. The van der Waals surface area contributed by atoms with Crippen LogP contribution in [0.5, 0.6) is 0 Å². The number of benzene rings is 1. The topological polar surface area (TPSA) is 38.0 Å². The van der Waals surface area contributed by atoms with Crippen molar-refractivity contribution in [2.75, 3.05) is 6.54 Å². The standard InChI is InChI=1S/C17H24N2/c1-11(2)14-6-5-13-4-3-12(9-15(13)14)10-17-16(18)7-8-19-17/h3-4,6,9,11,16-17,19H,5,7-8,10,18H2,1-2H3. The second-order valence-corrected chi connectivity index (χ2v) is 6.23. The minimum atomic E-state index is 0.313. The van der Waals surface area contributed by atoms with Crippen LogP contribution in [0.2, 0.25) is 0 Å². The molecular formula is C17H24N2. The highest BCUT2D eigenvalue weighted by molar-refractivity contribution is 5.74. The largest absolute Gasteiger partial charge is 0.326 e. The first-order valence-corrected chi connectivity index (χ1v) is 7.46. The molecule has 0 aromatic heterocycles. The molecule has 0 saturated carbocycles. The van der Waals surface area contributed by atoms with Crippen LogP contribution in [0.3, 0.4) is 0 Å². The van der Waals surface area contributed by atoms with Gasteiger partial charge in [-0.1, -0.05) is 38.1 Å². The fourth-order valence-corrected chi connectivity index (χ4v) is 3.34. The van der Waals surface area contributed by atoms with Gasteiger partial charge in [-0.2, -0.15) is 0 Å². The van der Waals surface area contributed by atoms with Gasteiger partial charge in [0.05, 0.1) is 0 Å². The summed E-state index contributed by atoms with van der Waals surface area (Å²) in [5.74, 6) is 0.614. The molecule has 1 aliphatic carbocycles. The molecule has 2 nitrogen and oxygen atoms in total. The van der Waals surface area contributed by atoms with Crippen LogP contribution in [0, 0.1) is 5.92 Å². The molecule has 102 valence electrons. The van der Waals surface area contributed by atoms with Crippen molar-refractivity contribution in [2.24, 2.45) is 11.7 Å².